The Morgan fingerprint density at radius 3 is 2.44 bits per heavy atom. The molecule has 0 amide bonds. The highest BCUT2D eigenvalue weighted by Gasteiger charge is 2.24. The number of thiophene rings is 1. The second-order valence-corrected chi connectivity index (χ2v) is 6.91. The SMILES string of the molecule is CCCCC(CC)C(NCC)c1cc(Cl)sc1Cl. The second-order valence-electron chi connectivity index (χ2n) is 4.63. The summed E-state index contributed by atoms with van der Waals surface area (Å²) in [5.74, 6) is 0.632. The summed E-state index contributed by atoms with van der Waals surface area (Å²) in [6.07, 6.45) is 4.93. The summed E-state index contributed by atoms with van der Waals surface area (Å²) in [5.41, 5.74) is 1.18. The standard InChI is InChI=1S/C14H23Cl2NS/c1-4-7-8-10(5-2)13(17-6-3)11-9-12(15)18-14(11)16/h9-10,13,17H,4-8H2,1-3H3. The Bertz CT molecular complexity index is 352. The van der Waals surface area contributed by atoms with Crippen molar-refractivity contribution in [1.29, 1.82) is 0 Å². The summed E-state index contributed by atoms with van der Waals surface area (Å²) >= 11 is 13.8. The van der Waals surface area contributed by atoms with E-state index < -0.39 is 0 Å². The molecule has 0 aliphatic rings. The lowest BCUT2D eigenvalue weighted by molar-refractivity contribution is 0.328. The van der Waals surface area contributed by atoms with Crippen molar-refractivity contribution >= 4 is 34.5 Å². The van der Waals surface area contributed by atoms with Crippen molar-refractivity contribution < 1.29 is 0 Å². The van der Waals surface area contributed by atoms with Crippen molar-refractivity contribution in [2.45, 2.75) is 52.5 Å². The minimum atomic E-state index is 0.336. The van der Waals surface area contributed by atoms with Crippen molar-refractivity contribution in [2.24, 2.45) is 5.92 Å². The number of nitrogens with one attached hydrogen (secondary N) is 1. The van der Waals surface area contributed by atoms with Crippen LogP contribution in [0.5, 0.6) is 0 Å². The van der Waals surface area contributed by atoms with Crippen LogP contribution in [0.1, 0.15) is 58.1 Å². The van der Waals surface area contributed by atoms with Crippen LogP contribution in [-0.2, 0) is 0 Å². The Morgan fingerprint density at radius 1 is 1.28 bits per heavy atom. The first-order valence-electron chi connectivity index (χ1n) is 6.82. The Balaban J connectivity index is 2.88. The predicted molar refractivity (Wildman–Crippen MR) is 84.1 cm³/mol. The lowest BCUT2D eigenvalue weighted by Gasteiger charge is -2.27. The molecule has 0 radical (unpaired) electrons. The highest BCUT2D eigenvalue weighted by atomic mass is 35.5. The van der Waals surface area contributed by atoms with Crippen LogP contribution in [-0.4, -0.2) is 6.54 Å². The third-order valence-corrected chi connectivity index (χ3v) is 4.88. The molecule has 2 unspecified atom stereocenters. The average Bonchev–Trinajstić information content (AvgIpc) is 2.67. The van der Waals surface area contributed by atoms with Crippen LogP contribution in [0.15, 0.2) is 6.07 Å². The summed E-state index contributed by atoms with van der Waals surface area (Å²) in [6.45, 7) is 7.59. The molecule has 0 fully saturated rings. The first kappa shape index (κ1) is 16.3. The fourth-order valence-corrected chi connectivity index (χ4v) is 3.94. The molecule has 18 heavy (non-hydrogen) atoms. The summed E-state index contributed by atoms with van der Waals surface area (Å²) in [7, 11) is 0. The smallest absolute Gasteiger partial charge is 0.0992 e. The maximum atomic E-state index is 6.30. The third-order valence-electron chi connectivity index (χ3n) is 3.37. The summed E-state index contributed by atoms with van der Waals surface area (Å²) < 4.78 is 1.61. The van der Waals surface area contributed by atoms with Gasteiger partial charge in [-0.25, -0.2) is 0 Å². The summed E-state index contributed by atoms with van der Waals surface area (Å²) in [6, 6.07) is 2.36. The Kier molecular flexibility index (Phi) is 7.62. The van der Waals surface area contributed by atoms with Gasteiger partial charge in [0, 0.05) is 11.6 Å². The molecule has 0 bridgehead atoms. The second kappa shape index (κ2) is 8.42. The average molecular weight is 308 g/mol. The fourth-order valence-electron chi connectivity index (χ4n) is 2.39. The van der Waals surface area contributed by atoms with Gasteiger partial charge in [-0.3, -0.25) is 0 Å². The number of unbranched alkanes of at least 4 members (excludes halogenated alkanes) is 1. The van der Waals surface area contributed by atoms with Crippen molar-refractivity contribution in [2.75, 3.05) is 6.54 Å². The van der Waals surface area contributed by atoms with Gasteiger partial charge in [0.2, 0.25) is 0 Å². The zero-order valence-corrected chi connectivity index (χ0v) is 13.8. The van der Waals surface area contributed by atoms with Crippen molar-refractivity contribution in [3.05, 3.63) is 20.3 Å². The van der Waals surface area contributed by atoms with Gasteiger partial charge in [0.05, 0.1) is 8.67 Å². The van der Waals surface area contributed by atoms with E-state index in [1.54, 1.807) is 0 Å². The van der Waals surface area contributed by atoms with E-state index in [0.717, 1.165) is 15.2 Å². The molecular weight excluding hydrogens is 285 g/mol. The van der Waals surface area contributed by atoms with E-state index in [0.29, 0.717) is 12.0 Å². The first-order chi connectivity index (χ1) is 8.63. The fraction of sp³-hybridized carbons (Fsp3) is 0.714. The molecule has 4 heteroatoms. The van der Waals surface area contributed by atoms with Crippen molar-refractivity contribution in [3.63, 3.8) is 0 Å². The zero-order chi connectivity index (χ0) is 13.5. The number of rotatable bonds is 8. The molecule has 1 heterocycles. The van der Waals surface area contributed by atoms with Crippen LogP contribution >= 0.6 is 34.5 Å². The molecule has 0 saturated heterocycles. The topological polar surface area (TPSA) is 12.0 Å². The van der Waals surface area contributed by atoms with E-state index in [1.807, 2.05) is 6.07 Å². The van der Waals surface area contributed by atoms with Crippen LogP contribution in [0, 0.1) is 5.92 Å². The Hall–Kier alpha value is 0.240. The van der Waals surface area contributed by atoms with Gasteiger partial charge in [0.25, 0.3) is 0 Å². The lowest BCUT2D eigenvalue weighted by Crippen LogP contribution is -2.28. The molecule has 0 aromatic carbocycles. The molecule has 0 saturated carbocycles. The maximum Gasteiger partial charge on any atom is 0.0992 e. The molecule has 1 nitrogen and oxygen atoms in total. The quantitative estimate of drug-likeness (QED) is 0.628. The van der Waals surface area contributed by atoms with Gasteiger partial charge < -0.3 is 5.32 Å². The molecule has 1 rings (SSSR count). The zero-order valence-electron chi connectivity index (χ0n) is 11.4. The maximum absolute atomic E-state index is 6.30. The van der Waals surface area contributed by atoms with E-state index >= 15 is 0 Å². The van der Waals surface area contributed by atoms with Gasteiger partial charge in [-0.05, 0) is 24.9 Å². The summed E-state index contributed by atoms with van der Waals surface area (Å²) in [4.78, 5) is 0. The van der Waals surface area contributed by atoms with E-state index in [4.69, 9.17) is 23.2 Å². The highest BCUT2D eigenvalue weighted by Crippen LogP contribution is 2.39. The van der Waals surface area contributed by atoms with E-state index in [-0.39, 0.29) is 0 Å². The van der Waals surface area contributed by atoms with Gasteiger partial charge in [0.15, 0.2) is 0 Å². The Morgan fingerprint density at radius 2 is 2.00 bits per heavy atom. The van der Waals surface area contributed by atoms with Crippen LogP contribution in [0.2, 0.25) is 8.67 Å². The molecule has 1 N–H and O–H groups in total. The minimum absolute atomic E-state index is 0.336. The van der Waals surface area contributed by atoms with Crippen LogP contribution in [0.25, 0.3) is 0 Å². The minimum Gasteiger partial charge on any atom is -0.310 e. The molecule has 0 aliphatic heterocycles. The van der Waals surface area contributed by atoms with Crippen LogP contribution < -0.4 is 5.32 Å². The number of halogens is 2. The molecule has 104 valence electrons. The van der Waals surface area contributed by atoms with E-state index in [1.165, 1.54) is 42.6 Å². The van der Waals surface area contributed by atoms with Crippen molar-refractivity contribution in [3.8, 4) is 0 Å². The van der Waals surface area contributed by atoms with Crippen molar-refractivity contribution in [1.82, 2.24) is 5.32 Å². The number of hydrogen-bond acceptors (Lipinski definition) is 2. The van der Waals surface area contributed by atoms with Gasteiger partial charge in [-0.1, -0.05) is 63.2 Å². The molecule has 2 atom stereocenters. The third kappa shape index (κ3) is 4.41. The summed E-state index contributed by atoms with van der Waals surface area (Å²) in [5, 5.41) is 3.58. The van der Waals surface area contributed by atoms with E-state index in [9.17, 15) is 0 Å². The van der Waals surface area contributed by atoms with E-state index in [2.05, 4.69) is 26.1 Å². The molecule has 1 aromatic heterocycles. The van der Waals surface area contributed by atoms with Gasteiger partial charge in [-0.15, -0.1) is 11.3 Å². The Labute approximate surface area is 125 Å². The lowest BCUT2D eigenvalue weighted by atomic mass is 9.88. The predicted octanol–water partition coefficient (Wildman–Crippen LogP) is 5.92. The highest BCUT2D eigenvalue weighted by molar-refractivity contribution is 7.20. The normalized spacial score (nSPS) is 14.7. The molecule has 1 aromatic rings. The number of hydrogen-bond donors (Lipinski definition) is 1. The van der Waals surface area contributed by atoms with Gasteiger partial charge in [-0.2, -0.15) is 0 Å². The molecular formula is C14H23Cl2NS. The molecule has 0 aliphatic carbocycles. The van der Waals surface area contributed by atoms with Crippen LogP contribution in [0.3, 0.4) is 0 Å². The van der Waals surface area contributed by atoms with Gasteiger partial charge >= 0.3 is 0 Å². The van der Waals surface area contributed by atoms with Crippen LogP contribution in [0.4, 0.5) is 0 Å². The largest absolute Gasteiger partial charge is 0.310 e. The monoisotopic (exact) mass is 307 g/mol. The van der Waals surface area contributed by atoms with Gasteiger partial charge in [0.1, 0.15) is 0 Å². The molecule has 0 spiro atoms. The first-order valence-corrected chi connectivity index (χ1v) is 8.39.